The Morgan fingerprint density at radius 1 is 1.06 bits per heavy atom. The highest BCUT2D eigenvalue weighted by atomic mass is 79.9. The Hall–Kier alpha value is -2.96. The van der Waals surface area contributed by atoms with Gasteiger partial charge in [-0.15, -0.1) is 5.06 Å². The van der Waals surface area contributed by atoms with Crippen molar-refractivity contribution in [1.29, 1.82) is 0 Å². The molecule has 2 heterocycles. The minimum absolute atomic E-state index is 0.0599. The average Bonchev–Trinajstić information content (AvgIpc) is 3.23. The van der Waals surface area contributed by atoms with E-state index in [2.05, 4.69) is 57.3 Å². The van der Waals surface area contributed by atoms with Gasteiger partial charge in [0.1, 0.15) is 11.9 Å². The van der Waals surface area contributed by atoms with Crippen LogP contribution in [0.15, 0.2) is 77.4 Å². The first-order valence-electron chi connectivity index (χ1n) is 10.9. The quantitative estimate of drug-likeness (QED) is 0.367. The minimum Gasteiger partial charge on any atom is -0.363 e. The van der Waals surface area contributed by atoms with Crippen molar-refractivity contribution in [2.45, 2.75) is 25.3 Å². The van der Waals surface area contributed by atoms with Gasteiger partial charge in [-0.3, -0.25) is 0 Å². The zero-order valence-corrected chi connectivity index (χ0v) is 19.0. The summed E-state index contributed by atoms with van der Waals surface area (Å²) in [6.45, 7) is 0.761. The molecule has 5 nitrogen and oxygen atoms in total. The topological polar surface area (TPSA) is 58.2 Å². The normalized spacial score (nSPS) is 19.5. The number of nitrogens with zero attached hydrogens (tertiary/aromatic N) is 2. The number of carbonyl (C=O) groups excluding carboxylic acids is 1. The Labute approximate surface area is 194 Å². The van der Waals surface area contributed by atoms with Gasteiger partial charge in [-0.25, -0.2) is 9.78 Å². The maximum atomic E-state index is 12.7. The third kappa shape index (κ3) is 3.63. The van der Waals surface area contributed by atoms with Crippen LogP contribution in [0.2, 0.25) is 0 Å². The maximum absolute atomic E-state index is 12.7. The van der Waals surface area contributed by atoms with E-state index in [1.807, 2.05) is 29.5 Å². The van der Waals surface area contributed by atoms with Crippen molar-refractivity contribution >= 4 is 32.7 Å². The fourth-order valence-electron chi connectivity index (χ4n) is 4.66. The molecule has 0 unspecified atom stereocenters. The molecule has 1 spiro atoms. The predicted octanol–water partition coefficient (Wildman–Crippen LogP) is 6.29. The summed E-state index contributed by atoms with van der Waals surface area (Å²) in [5.41, 5.74) is 2.87. The molecule has 6 heteroatoms. The molecule has 1 aliphatic carbocycles. The number of hydrogen-bond acceptors (Lipinski definition) is 4. The van der Waals surface area contributed by atoms with Crippen molar-refractivity contribution in [3.63, 3.8) is 0 Å². The lowest BCUT2D eigenvalue weighted by Gasteiger charge is -2.21. The Kier molecular flexibility index (Phi) is 4.66. The van der Waals surface area contributed by atoms with E-state index < -0.39 is 0 Å². The monoisotopic (exact) mass is 487 g/mol. The lowest BCUT2D eigenvalue weighted by atomic mass is 10.0. The fraction of sp³-hybridized carbons (Fsp3) is 0.231. The summed E-state index contributed by atoms with van der Waals surface area (Å²) in [7, 11) is 0. The Bertz CT molecular complexity index is 1310. The van der Waals surface area contributed by atoms with Crippen molar-refractivity contribution in [1.82, 2.24) is 15.0 Å². The van der Waals surface area contributed by atoms with Crippen LogP contribution in [0, 0.1) is 5.41 Å². The molecular weight excluding hydrogens is 466 g/mol. The van der Waals surface area contributed by atoms with E-state index in [1.54, 1.807) is 12.1 Å². The number of halogens is 1. The number of hydroxylamine groups is 2. The van der Waals surface area contributed by atoms with Gasteiger partial charge in [0.05, 0.1) is 17.5 Å². The van der Waals surface area contributed by atoms with Crippen LogP contribution in [0.25, 0.3) is 22.0 Å². The third-order valence-electron chi connectivity index (χ3n) is 6.66. The van der Waals surface area contributed by atoms with Crippen molar-refractivity contribution in [2.75, 3.05) is 6.54 Å². The molecular formula is C26H22BrN3O2. The van der Waals surface area contributed by atoms with Crippen molar-refractivity contribution < 1.29 is 9.63 Å². The van der Waals surface area contributed by atoms with E-state index >= 15 is 0 Å². The van der Waals surface area contributed by atoms with Gasteiger partial charge in [0.25, 0.3) is 0 Å². The first kappa shape index (κ1) is 19.7. The van der Waals surface area contributed by atoms with Crippen molar-refractivity contribution in [3.8, 4) is 11.3 Å². The minimum atomic E-state index is -0.319. The van der Waals surface area contributed by atoms with Gasteiger partial charge in [-0.2, -0.15) is 0 Å². The molecule has 32 heavy (non-hydrogen) atoms. The van der Waals surface area contributed by atoms with E-state index in [4.69, 9.17) is 9.82 Å². The van der Waals surface area contributed by atoms with Crippen LogP contribution in [0.4, 0.5) is 0 Å². The van der Waals surface area contributed by atoms with E-state index in [0.717, 1.165) is 34.5 Å². The molecule has 1 N–H and O–H groups in total. The lowest BCUT2D eigenvalue weighted by Crippen LogP contribution is -2.28. The molecule has 1 aliphatic heterocycles. The smallest absolute Gasteiger partial charge is 0.357 e. The molecule has 1 atom stereocenters. The largest absolute Gasteiger partial charge is 0.363 e. The molecule has 0 amide bonds. The van der Waals surface area contributed by atoms with Gasteiger partial charge in [0, 0.05) is 16.6 Å². The number of carbonyl (C=O) groups is 1. The van der Waals surface area contributed by atoms with Gasteiger partial charge in [-0.1, -0.05) is 52.3 Å². The highest BCUT2D eigenvalue weighted by Crippen LogP contribution is 2.58. The van der Waals surface area contributed by atoms with Crippen LogP contribution >= 0.6 is 15.9 Å². The third-order valence-corrected chi connectivity index (χ3v) is 7.15. The molecule has 2 fully saturated rings. The summed E-state index contributed by atoms with van der Waals surface area (Å²) >= 11 is 3.53. The number of hydrogen-bond donors (Lipinski definition) is 1. The zero-order chi connectivity index (χ0) is 21.7. The van der Waals surface area contributed by atoms with Crippen molar-refractivity contribution in [3.05, 3.63) is 88.8 Å². The number of rotatable bonds is 4. The molecule has 4 aromatic rings. The Morgan fingerprint density at radius 3 is 2.66 bits per heavy atom. The van der Waals surface area contributed by atoms with Crippen LogP contribution in [0.3, 0.4) is 0 Å². The van der Waals surface area contributed by atoms with Gasteiger partial charge in [0.15, 0.2) is 0 Å². The number of aromatic nitrogens is 2. The van der Waals surface area contributed by atoms with Crippen LogP contribution < -0.4 is 0 Å². The number of H-pyrrole nitrogens is 1. The fourth-order valence-corrected chi connectivity index (χ4v) is 5.03. The molecule has 1 aromatic heterocycles. The second-order valence-corrected chi connectivity index (χ2v) is 9.84. The van der Waals surface area contributed by atoms with Crippen molar-refractivity contribution in [2.24, 2.45) is 5.41 Å². The highest BCUT2D eigenvalue weighted by molar-refractivity contribution is 9.10. The Balaban J connectivity index is 1.27. The summed E-state index contributed by atoms with van der Waals surface area (Å²) in [5.74, 6) is 0.529. The van der Waals surface area contributed by atoms with Gasteiger partial charge in [0.2, 0.25) is 0 Å². The van der Waals surface area contributed by atoms with E-state index in [9.17, 15) is 4.79 Å². The van der Waals surface area contributed by atoms with Gasteiger partial charge >= 0.3 is 5.97 Å². The number of nitrogens with one attached hydrogen (secondary N) is 1. The summed E-state index contributed by atoms with van der Waals surface area (Å²) in [6, 6.07) is 21.8. The molecule has 0 bridgehead atoms. The summed E-state index contributed by atoms with van der Waals surface area (Å²) < 4.78 is 1.07. The van der Waals surface area contributed by atoms with E-state index in [1.165, 1.54) is 23.6 Å². The lowest BCUT2D eigenvalue weighted by molar-refractivity contribution is -0.124. The second kappa shape index (κ2) is 7.57. The molecule has 160 valence electrons. The van der Waals surface area contributed by atoms with Crippen LogP contribution in [0.1, 0.15) is 41.5 Å². The van der Waals surface area contributed by atoms with Crippen LogP contribution in [-0.2, 0) is 4.84 Å². The van der Waals surface area contributed by atoms with Gasteiger partial charge < -0.3 is 9.82 Å². The van der Waals surface area contributed by atoms with E-state index in [0.29, 0.717) is 5.56 Å². The molecule has 3 aromatic carbocycles. The number of imidazole rings is 1. The standard InChI is InChI=1S/C26H22BrN3O2/c27-21-9-8-18-12-20(7-6-19(18)13-21)22-15-28-24(29-22)23-14-26(10-11-26)16-30(23)32-25(31)17-4-2-1-3-5-17/h1-9,12-13,15,23H,10-11,14,16H2,(H,28,29)/t23-/m0/s1. The molecule has 1 saturated carbocycles. The first-order valence-corrected chi connectivity index (χ1v) is 11.7. The summed E-state index contributed by atoms with van der Waals surface area (Å²) in [5, 5.41) is 4.20. The predicted molar refractivity (Wildman–Crippen MR) is 127 cm³/mol. The SMILES string of the molecule is O=C(ON1CC2(CC2)C[C@H]1c1ncc(-c2ccc3cc(Br)ccc3c2)[nH]1)c1ccccc1. The maximum Gasteiger partial charge on any atom is 0.357 e. The molecule has 6 rings (SSSR count). The number of aromatic amines is 1. The Morgan fingerprint density at radius 2 is 1.84 bits per heavy atom. The second-order valence-electron chi connectivity index (χ2n) is 8.93. The van der Waals surface area contributed by atoms with Gasteiger partial charge in [-0.05, 0) is 65.8 Å². The molecule has 1 saturated heterocycles. The molecule has 2 aliphatic rings. The van der Waals surface area contributed by atoms with Crippen LogP contribution in [-0.4, -0.2) is 27.5 Å². The molecule has 0 radical (unpaired) electrons. The average molecular weight is 488 g/mol. The summed E-state index contributed by atoms with van der Waals surface area (Å²) in [4.78, 5) is 26.7. The zero-order valence-electron chi connectivity index (χ0n) is 17.4. The highest BCUT2D eigenvalue weighted by Gasteiger charge is 2.54. The van der Waals surface area contributed by atoms with Crippen LogP contribution in [0.5, 0.6) is 0 Å². The number of benzene rings is 3. The first-order chi connectivity index (χ1) is 15.6. The van der Waals surface area contributed by atoms with E-state index in [-0.39, 0.29) is 17.4 Å². The number of fused-ring (bicyclic) bond motifs is 1. The summed E-state index contributed by atoms with van der Waals surface area (Å²) in [6.07, 6.45) is 5.19.